The highest BCUT2D eigenvalue weighted by molar-refractivity contribution is 7.99. The molecule has 2 aromatic carbocycles. The Bertz CT molecular complexity index is 638. The lowest BCUT2D eigenvalue weighted by Crippen LogP contribution is -2.20. The molecule has 21 heavy (non-hydrogen) atoms. The van der Waals surface area contributed by atoms with Crippen molar-refractivity contribution < 1.29 is 9.53 Å². The first kappa shape index (κ1) is 14.9. The fourth-order valence-corrected chi connectivity index (χ4v) is 2.33. The van der Waals surface area contributed by atoms with Crippen LogP contribution in [-0.4, -0.2) is 18.3 Å². The lowest BCUT2D eigenvalue weighted by atomic mass is 10.3. The predicted octanol–water partition coefficient (Wildman–Crippen LogP) is 3.32. The Balaban J connectivity index is 1.92. The van der Waals surface area contributed by atoms with Crippen LogP contribution in [-0.2, 0) is 4.79 Å². The van der Waals surface area contributed by atoms with E-state index >= 15 is 0 Å². The van der Waals surface area contributed by atoms with Crippen LogP contribution >= 0.6 is 11.8 Å². The first-order valence-corrected chi connectivity index (χ1v) is 7.34. The van der Waals surface area contributed by atoms with Gasteiger partial charge in [0.15, 0.2) is 6.61 Å². The van der Waals surface area contributed by atoms with Gasteiger partial charge in [0.25, 0.3) is 5.91 Å². The van der Waals surface area contributed by atoms with Gasteiger partial charge in [-0.1, -0.05) is 30.3 Å². The minimum Gasteiger partial charge on any atom is -0.484 e. The van der Waals surface area contributed by atoms with Crippen LogP contribution in [0.3, 0.4) is 0 Å². The maximum atomic E-state index is 11.9. The second kappa shape index (κ2) is 7.98. The molecule has 1 N–H and O–H groups in total. The maximum absolute atomic E-state index is 11.9. The van der Waals surface area contributed by atoms with Gasteiger partial charge in [-0.05, 0) is 24.3 Å². The molecular formula is C16H14N2O2S. The third kappa shape index (κ3) is 4.86. The van der Waals surface area contributed by atoms with Crippen LogP contribution in [0.4, 0.5) is 5.69 Å². The van der Waals surface area contributed by atoms with Crippen LogP contribution in [0.25, 0.3) is 0 Å². The number of hydrogen-bond acceptors (Lipinski definition) is 4. The normalized spacial score (nSPS) is 9.67. The van der Waals surface area contributed by atoms with Gasteiger partial charge in [0, 0.05) is 4.90 Å². The molecule has 0 aliphatic rings. The van der Waals surface area contributed by atoms with Gasteiger partial charge in [0.05, 0.1) is 17.5 Å². The minimum absolute atomic E-state index is 0.0543. The number of rotatable bonds is 6. The van der Waals surface area contributed by atoms with Crippen LogP contribution in [0.1, 0.15) is 0 Å². The Morgan fingerprint density at radius 2 is 1.86 bits per heavy atom. The summed E-state index contributed by atoms with van der Waals surface area (Å²) < 4.78 is 5.39. The predicted molar refractivity (Wildman–Crippen MR) is 83.3 cm³/mol. The summed E-state index contributed by atoms with van der Waals surface area (Å²) in [5, 5.41) is 11.4. The number of hydrogen-bond donors (Lipinski definition) is 1. The van der Waals surface area contributed by atoms with Gasteiger partial charge in [-0.15, -0.1) is 11.8 Å². The van der Waals surface area contributed by atoms with Crippen molar-refractivity contribution >= 4 is 23.4 Å². The van der Waals surface area contributed by atoms with Crippen LogP contribution in [0.2, 0.25) is 0 Å². The zero-order valence-electron chi connectivity index (χ0n) is 11.3. The van der Waals surface area contributed by atoms with E-state index in [2.05, 4.69) is 11.4 Å². The number of nitrogens with zero attached hydrogens (tertiary/aromatic N) is 1. The summed E-state index contributed by atoms with van der Waals surface area (Å²) in [6, 6.07) is 18.6. The number of nitriles is 1. The number of ether oxygens (including phenoxy) is 1. The molecule has 2 rings (SSSR count). The number of amides is 1. The molecule has 0 atom stereocenters. The summed E-state index contributed by atoms with van der Waals surface area (Å²) in [6.45, 7) is -0.0543. The Kier molecular flexibility index (Phi) is 5.68. The van der Waals surface area contributed by atoms with E-state index in [1.165, 1.54) is 11.8 Å². The molecule has 5 heteroatoms. The largest absolute Gasteiger partial charge is 0.484 e. The van der Waals surface area contributed by atoms with Crippen molar-refractivity contribution in [1.29, 1.82) is 5.26 Å². The molecule has 0 aromatic heterocycles. The summed E-state index contributed by atoms with van der Waals surface area (Å²) in [5.41, 5.74) is 0.694. The van der Waals surface area contributed by atoms with Crippen LogP contribution in [0.15, 0.2) is 59.5 Å². The summed E-state index contributed by atoms with van der Waals surface area (Å²) in [7, 11) is 0. The summed E-state index contributed by atoms with van der Waals surface area (Å²) in [6.07, 6.45) is 0. The molecule has 0 heterocycles. The van der Waals surface area contributed by atoms with Crippen molar-refractivity contribution in [1.82, 2.24) is 0 Å². The topological polar surface area (TPSA) is 62.1 Å². The molecule has 4 nitrogen and oxygen atoms in total. The number of thioether (sulfide) groups is 1. The number of carbonyl (C=O) groups is 1. The highest BCUT2D eigenvalue weighted by Gasteiger charge is 2.07. The third-order valence-corrected chi connectivity index (χ3v) is 3.51. The number of para-hydroxylation sites is 2. The number of nitrogens with one attached hydrogen (secondary N) is 1. The van der Waals surface area contributed by atoms with Gasteiger partial charge < -0.3 is 10.1 Å². The first-order valence-electron chi connectivity index (χ1n) is 6.36. The molecule has 0 saturated heterocycles. The molecule has 1 amide bonds. The van der Waals surface area contributed by atoms with Gasteiger partial charge in [-0.2, -0.15) is 5.26 Å². The van der Waals surface area contributed by atoms with Crippen molar-refractivity contribution in [2.45, 2.75) is 4.90 Å². The number of benzene rings is 2. The molecule has 0 fully saturated rings. The van der Waals surface area contributed by atoms with Gasteiger partial charge in [-0.25, -0.2) is 0 Å². The Hall–Kier alpha value is -2.45. The summed E-state index contributed by atoms with van der Waals surface area (Å²) in [5.74, 6) is 0.761. The van der Waals surface area contributed by atoms with E-state index in [0.717, 1.165) is 4.90 Å². The molecular weight excluding hydrogens is 284 g/mol. The fourth-order valence-electron chi connectivity index (χ4n) is 1.66. The van der Waals surface area contributed by atoms with Crippen molar-refractivity contribution in [3.63, 3.8) is 0 Å². The molecule has 0 aliphatic carbocycles. The molecule has 0 radical (unpaired) electrons. The van der Waals surface area contributed by atoms with Crippen LogP contribution < -0.4 is 10.1 Å². The quantitative estimate of drug-likeness (QED) is 0.831. The molecule has 0 bridgehead atoms. The summed E-state index contributed by atoms with van der Waals surface area (Å²) >= 11 is 1.39. The lowest BCUT2D eigenvalue weighted by molar-refractivity contribution is -0.118. The standard InChI is InChI=1S/C16H14N2O2S/c17-10-11-21-15-9-5-4-8-14(15)18-16(19)12-20-13-6-2-1-3-7-13/h1-9H,11-12H2,(H,18,19). The highest BCUT2D eigenvalue weighted by atomic mass is 32.2. The Morgan fingerprint density at radius 1 is 1.14 bits per heavy atom. The fraction of sp³-hybridized carbons (Fsp3) is 0.125. The van der Waals surface area contributed by atoms with Gasteiger partial charge in [0.2, 0.25) is 0 Å². The van der Waals surface area contributed by atoms with E-state index in [-0.39, 0.29) is 12.5 Å². The lowest BCUT2D eigenvalue weighted by Gasteiger charge is -2.10. The minimum atomic E-state index is -0.233. The van der Waals surface area contributed by atoms with E-state index in [1.807, 2.05) is 36.4 Å². The zero-order chi connectivity index (χ0) is 14.9. The summed E-state index contributed by atoms with van der Waals surface area (Å²) in [4.78, 5) is 12.8. The average Bonchev–Trinajstić information content (AvgIpc) is 2.53. The van der Waals surface area contributed by atoms with Crippen molar-refractivity contribution in [3.05, 3.63) is 54.6 Å². The molecule has 0 spiro atoms. The highest BCUT2D eigenvalue weighted by Crippen LogP contribution is 2.26. The Morgan fingerprint density at radius 3 is 2.62 bits per heavy atom. The van der Waals surface area contributed by atoms with E-state index in [4.69, 9.17) is 10.00 Å². The van der Waals surface area contributed by atoms with Crippen molar-refractivity contribution in [2.24, 2.45) is 0 Å². The van der Waals surface area contributed by atoms with E-state index in [0.29, 0.717) is 17.2 Å². The monoisotopic (exact) mass is 298 g/mol. The van der Waals surface area contributed by atoms with Crippen molar-refractivity contribution in [2.75, 3.05) is 17.7 Å². The molecule has 0 saturated carbocycles. The third-order valence-electron chi connectivity index (χ3n) is 2.57. The SMILES string of the molecule is N#CCSc1ccccc1NC(=O)COc1ccccc1. The van der Waals surface area contributed by atoms with E-state index < -0.39 is 0 Å². The van der Waals surface area contributed by atoms with Crippen molar-refractivity contribution in [3.8, 4) is 11.8 Å². The number of anilines is 1. The van der Waals surface area contributed by atoms with E-state index in [9.17, 15) is 4.79 Å². The zero-order valence-corrected chi connectivity index (χ0v) is 12.1. The average molecular weight is 298 g/mol. The van der Waals surface area contributed by atoms with Crippen LogP contribution in [0.5, 0.6) is 5.75 Å². The first-order chi connectivity index (χ1) is 10.3. The van der Waals surface area contributed by atoms with Gasteiger partial charge in [0.1, 0.15) is 5.75 Å². The van der Waals surface area contributed by atoms with Gasteiger partial charge >= 0.3 is 0 Å². The number of carbonyl (C=O) groups excluding carboxylic acids is 1. The molecule has 0 aliphatic heterocycles. The second-order valence-electron chi connectivity index (χ2n) is 4.09. The maximum Gasteiger partial charge on any atom is 0.262 e. The molecule has 0 unspecified atom stereocenters. The molecule has 106 valence electrons. The molecule has 2 aromatic rings. The van der Waals surface area contributed by atoms with E-state index in [1.54, 1.807) is 18.2 Å². The van der Waals surface area contributed by atoms with Gasteiger partial charge in [-0.3, -0.25) is 4.79 Å². The Labute approximate surface area is 127 Å². The second-order valence-corrected chi connectivity index (χ2v) is 5.11. The van der Waals surface area contributed by atoms with Crippen LogP contribution in [0, 0.1) is 11.3 Å². The smallest absolute Gasteiger partial charge is 0.262 e.